The van der Waals surface area contributed by atoms with Crippen molar-refractivity contribution in [1.82, 2.24) is 5.16 Å². The van der Waals surface area contributed by atoms with Gasteiger partial charge in [0.25, 0.3) is 0 Å². The van der Waals surface area contributed by atoms with Gasteiger partial charge >= 0.3 is 12.0 Å². The van der Waals surface area contributed by atoms with E-state index in [1.807, 2.05) is 0 Å². The molecule has 5 nitrogen and oxygen atoms in total. The van der Waals surface area contributed by atoms with Crippen molar-refractivity contribution in [2.45, 2.75) is 0 Å². The number of nitrogens with zero attached hydrogens (tertiary/aromatic N) is 3. The van der Waals surface area contributed by atoms with Crippen molar-refractivity contribution in [2.24, 2.45) is 0 Å². The molecule has 0 saturated carbocycles. The van der Waals surface area contributed by atoms with Gasteiger partial charge in [-0.1, -0.05) is 5.16 Å². The Morgan fingerprint density at radius 2 is 2.64 bits per heavy atom. The van der Waals surface area contributed by atoms with Crippen LogP contribution in [0.25, 0.3) is 5.53 Å². The molecule has 0 N–H and O–H groups in total. The standard InChI is InChI=1S/C5H2BrN3O2/c6-5-1-4(11-9-5)3(10)2-8-7/h1-2H. The maximum atomic E-state index is 10.8. The molecule has 0 aliphatic heterocycles. The van der Waals surface area contributed by atoms with E-state index in [4.69, 9.17) is 5.53 Å². The van der Waals surface area contributed by atoms with E-state index in [0.717, 1.165) is 6.21 Å². The lowest BCUT2D eigenvalue weighted by Crippen LogP contribution is -1.98. The Bertz CT molecular complexity index is 326. The second kappa shape index (κ2) is 3.23. The number of ketones is 1. The fraction of sp³-hybridized carbons (Fsp3) is 0. The highest BCUT2D eigenvalue weighted by Gasteiger charge is 2.12. The first kappa shape index (κ1) is 7.84. The number of rotatable bonds is 2. The molecule has 1 heterocycles. The monoisotopic (exact) mass is 215 g/mol. The first-order valence-corrected chi connectivity index (χ1v) is 3.37. The first-order valence-electron chi connectivity index (χ1n) is 2.58. The van der Waals surface area contributed by atoms with Crippen LogP contribution < -0.4 is 0 Å². The largest absolute Gasteiger partial charge is 0.361 e. The Balaban J connectivity index is 2.93. The van der Waals surface area contributed by atoms with Crippen molar-refractivity contribution in [3.8, 4) is 0 Å². The SMILES string of the molecule is [N-]=[N+]=CC(=O)c1cc(Br)no1. The van der Waals surface area contributed by atoms with Gasteiger partial charge in [-0.2, -0.15) is 4.79 Å². The summed E-state index contributed by atoms with van der Waals surface area (Å²) >= 11 is 2.99. The molecule has 0 fully saturated rings. The number of aromatic nitrogens is 1. The minimum Gasteiger partial charge on any atom is -0.361 e. The highest BCUT2D eigenvalue weighted by Crippen LogP contribution is 2.09. The topological polar surface area (TPSA) is 79.5 Å². The second-order valence-corrected chi connectivity index (χ2v) is 2.44. The van der Waals surface area contributed by atoms with Crippen LogP contribution in [0.4, 0.5) is 0 Å². The van der Waals surface area contributed by atoms with E-state index in [0.29, 0.717) is 4.60 Å². The third-order valence-corrected chi connectivity index (χ3v) is 1.27. The molecule has 1 aromatic rings. The molecule has 0 radical (unpaired) electrons. The molecular weight excluding hydrogens is 214 g/mol. The van der Waals surface area contributed by atoms with Gasteiger partial charge in [0.05, 0.1) is 0 Å². The number of carbonyl (C=O) groups excluding carboxylic acids is 1. The van der Waals surface area contributed by atoms with Gasteiger partial charge in [-0.3, -0.25) is 4.79 Å². The van der Waals surface area contributed by atoms with Crippen LogP contribution in [0.1, 0.15) is 10.6 Å². The predicted molar refractivity (Wildman–Crippen MR) is 38.2 cm³/mol. The quantitative estimate of drug-likeness (QED) is 0.319. The maximum Gasteiger partial charge on any atom is 0.331 e. The number of carbonyl (C=O) groups is 1. The molecule has 56 valence electrons. The van der Waals surface area contributed by atoms with Crippen LogP contribution in [-0.2, 0) is 0 Å². The van der Waals surface area contributed by atoms with Gasteiger partial charge in [-0.05, 0) is 15.9 Å². The Morgan fingerprint density at radius 1 is 1.91 bits per heavy atom. The Hall–Kier alpha value is -1.26. The summed E-state index contributed by atoms with van der Waals surface area (Å²) in [5.41, 5.74) is 7.98. The van der Waals surface area contributed by atoms with E-state index in [1.165, 1.54) is 6.07 Å². The van der Waals surface area contributed by atoms with Crippen LogP contribution in [-0.4, -0.2) is 21.9 Å². The summed E-state index contributed by atoms with van der Waals surface area (Å²) in [6.45, 7) is 0. The Kier molecular flexibility index (Phi) is 2.30. The fourth-order valence-corrected chi connectivity index (χ4v) is 0.766. The third-order valence-electron chi connectivity index (χ3n) is 0.899. The van der Waals surface area contributed by atoms with E-state index in [2.05, 4.69) is 30.4 Å². The lowest BCUT2D eigenvalue weighted by atomic mass is 10.3. The summed E-state index contributed by atoms with van der Waals surface area (Å²) in [7, 11) is 0. The summed E-state index contributed by atoms with van der Waals surface area (Å²) in [4.78, 5) is 13.3. The van der Waals surface area contributed by atoms with Crippen LogP contribution in [0.5, 0.6) is 0 Å². The van der Waals surface area contributed by atoms with Crippen molar-refractivity contribution in [1.29, 1.82) is 0 Å². The van der Waals surface area contributed by atoms with E-state index < -0.39 is 5.78 Å². The van der Waals surface area contributed by atoms with E-state index >= 15 is 0 Å². The fourth-order valence-electron chi connectivity index (χ4n) is 0.486. The van der Waals surface area contributed by atoms with E-state index in [-0.39, 0.29) is 5.76 Å². The van der Waals surface area contributed by atoms with Crippen molar-refractivity contribution in [3.05, 3.63) is 22.0 Å². The van der Waals surface area contributed by atoms with E-state index in [1.54, 1.807) is 0 Å². The van der Waals surface area contributed by atoms with Crippen molar-refractivity contribution in [3.63, 3.8) is 0 Å². The van der Waals surface area contributed by atoms with Gasteiger partial charge in [0.15, 0.2) is 0 Å². The second-order valence-electron chi connectivity index (χ2n) is 1.62. The van der Waals surface area contributed by atoms with Crippen LogP contribution in [0.2, 0.25) is 0 Å². The molecule has 0 unspecified atom stereocenters. The molecule has 0 aliphatic carbocycles. The summed E-state index contributed by atoms with van der Waals surface area (Å²) in [6, 6.07) is 1.38. The molecule has 1 aromatic heterocycles. The predicted octanol–water partition coefficient (Wildman–Crippen LogP) is 0.920. The normalized spacial score (nSPS) is 8.82. The summed E-state index contributed by atoms with van der Waals surface area (Å²) in [6.07, 6.45) is 0.729. The molecule has 0 atom stereocenters. The van der Waals surface area contributed by atoms with Crippen LogP contribution in [0, 0.1) is 0 Å². The number of Topliss-reactive ketones (excluding diaryl/α,β-unsaturated/α-hetero) is 1. The maximum absolute atomic E-state index is 10.8. The highest BCUT2D eigenvalue weighted by atomic mass is 79.9. The van der Waals surface area contributed by atoms with Gasteiger partial charge in [0.1, 0.15) is 4.60 Å². The molecular formula is C5H2BrN3O2. The van der Waals surface area contributed by atoms with Gasteiger partial charge in [0, 0.05) is 6.07 Å². The Labute approximate surface area is 69.7 Å². The average molecular weight is 216 g/mol. The molecule has 6 heteroatoms. The summed E-state index contributed by atoms with van der Waals surface area (Å²) in [5.74, 6) is -0.514. The molecule has 11 heavy (non-hydrogen) atoms. The zero-order valence-corrected chi connectivity index (χ0v) is 6.78. The van der Waals surface area contributed by atoms with Gasteiger partial charge in [-0.25, -0.2) is 0 Å². The van der Waals surface area contributed by atoms with Crippen LogP contribution in [0.3, 0.4) is 0 Å². The van der Waals surface area contributed by atoms with Crippen LogP contribution in [0.15, 0.2) is 15.2 Å². The average Bonchev–Trinajstić information content (AvgIpc) is 2.36. The molecule has 0 saturated heterocycles. The molecule has 0 spiro atoms. The summed E-state index contributed by atoms with van der Waals surface area (Å²) in [5, 5.41) is 3.40. The first-order chi connectivity index (χ1) is 5.24. The minimum atomic E-state index is -0.536. The van der Waals surface area contributed by atoms with Gasteiger partial charge in [0.2, 0.25) is 5.76 Å². The lowest BCUT2D eigenvalue weighted by Gasteiger charge is -1.74. The molecule has 0 amide bonds. The summed E-state index contributed by atoms with van der Waals surface area (Å²) < 4.78 is 4.95. The third kappa shape index (κ3) is 1.83. The molecule has 0 aromatic carbocycles. The molecule has 1 rings (SSSR count). The van der Waals surface area contributed by atoms with Crippen molar-refractivity contribution < 1.29 is 14.1 Å². The molecule has 0 aliphatic rings. The van der Waals surface area contributed by atoms with Gasteiger partial charge in [-0.15, -0.1) is 0 Å². The number of halogens is 1. The zero-order valence-electron chi connectivity index (χ0n) is 5.19. The minimum absolute atomic E-state index is 0.0228. The smallest absolute Gasteiger partial charge is 0.331 e. The highest BCUT2D eigenvalue weighted by molar-refractivity contribution is 9.10. The molecule has 0 bridgehead atoms. The van der Waals surface area contributed by atoms with Crippen molar-refractivity contribution >= 4 is 27.9 Å². The number of hydrogen-bond donors (Lipinski definition) is 0. The van der Waals surface area contributed by atoms with Crippen LogP contribution >= 0.6 is 15.9 Å². The lowest BCUT2D eigenvalue weighted by molar-refractivity contribution is 0.00203. The zero-order chi connectivity index (χ0) is 8.27. The van der Waals surface area contributed by atoms with E-state index in [9.17, 15) is 4.79 Å². The van der Waals surface area contributed by atoms with Crippen molar-refractivity contribution in [2.75, 3.05) is 0 Å². The number of hydrogen-bond acceptors (Lipinski definition) is 3. The Morgan fingerprint density at radius 3 is 3.09 bits per heavy atom. The van der Waals surface area contributed by atoms with Gasteiger partial charge < -0.3 is 10.1 Å².